The van der Waals surface area contributed by atoms with Crippen molar-refractivity contribution in [2.75, 3.05) is 6.54 Å². The molecule has 0 saturated heterocycles. The lowest BCUT2D eigenvalue weighted by Gasteiger charge is -2.11. The minimum atomic E-state index is -0.484. The molecule has 0 aliphatic heterocycles. The Morgan fingerprint density at radius 3 is 3.00 bits per heavy atom. The molecule has 1 aromatic heterocycles. The normalized spacial score (nSPS) is 12.3. The first-order chi connectivity index (χ1) is 9.22. The van der Waals surface area contributed by atoms with E-state index in [1.807, 2.05) is 31.2 Å². The van der Waals surface area contributed by atoms with Crippen molar-refractivity contribution in [1.82, 2.24) is 10.3 Å². The molecular weight excluding hydrogens is 240 g/mol. The van der Waals surface area contributed by atoms with Gasteiger partial charge in [-0.15, -0.1) is 0 Å². The molecule has 100 valence electrons. The second-order valence-electron chi connectivity index (χ2n) is 4.53. The molecule has 1 unspecified atom stereocenters. The van der Waals surface area contributed by atoms with Crippen LogP contribution in [0.2, 0.25) is 0 Å². The number of nitrogens with one attached hydrogen (secondary N) is 1. The van der Waals surface area contributed by atoms with Crippen LogP contribution in [0, 0.1) is 0 Å². The van der Waals surface area contributed by atoms with Crippen LogP contribution in [0.5, 0.6) is 0 Å². The number of aliphatic hydroxyl groups excluding tert-OH is 1. The summed E-state index contributed by atoms with van der Waals surface area (Å²) < 4.78 is 0. The zero-order valence-electron chi connectivity index (χ0n) is 11.0. The van der Waals surface area contributed by atoms with E-state index in [0.717, 1.165) is 17.3 Å². The maximum atomic E-state index is 12.1. The fourth-order valence-corrected chi connectivity index (χ4v) is 2.04. The number of aliphatic hydroxyl groups is 1. The van der Waals surface area contributed by atoms with Crippen LogP contribution in [-0.2, 0) is 0 Å². The van der Waals surface area contributed by atoms with Crippen molar-refractivity contribution < 1.29 is 9.90 Å². The summed E-state index contributed by atoms with van der Waals surface area (Å²) in [5.41, 5.74) is 1.39. The second kappa shape index (κ2) is 6.29. The third-order valence-corrected chi connectivity index (χ3v) is 3.01. The number of hydrogen-bond donors (Lipinski definition) is 2. The predicted octanol–water partition coefficient (Wildman–Crippen LogP) is 2.13. The summed E-state index contributed by atoms with van der Waals surface area (Å²) in [6, 6.07) is 9.14. The van der Waals surface area contributed by atoms with E-state index in [4.69, 9.17) is 0 Å². The van der Waals surface area contributed by atoms with Crippen LogP contribution in [0.15, 0.2) is 36.5 Å². The molecular formula is C15H18N2O2. The van der Waals surface area contributed by atoms with Crippen LogP contribution in [-0.4, -0.2) is 28.6 Å². The van der Waals surface area contributed by atoms with Crippen molar-refractivity contribution in [2.45, 2.75) is 25.9 Å². The molecule has 2 N–H and O–H groups in total. The molecule has 1 amide bonds. The smallest absolute Gasteiger partial charge is 0.252 e. The Morgan fingerprint density at radius 1 is 1.37 bits per heavy atom. The molecule has 1 heterocycles. The molecule has 2 rings (SSSR count). The lowest BCUT2D eigenvalue weighted by Crippen LogP contribution is -2.32. The maximum absolute atomic E-state index is 12.1. The second-order valence-corrected chi connectivity index (χ2v) is 4.53. The fraction of sp³-hybridized carbons (Fsp3) is 0.333. The highest BCUT2D eigenvalue weighted by atomic mass is 16.3. The van der Waals surface area contributed by atoms with E-state index in [9.17, 15) is 9.90 Å². The van der Waals surface area contributed by atoms with Gasteiger partial charge in [0.05, 0.1) is 11.6 Å². The van der Waals surface area contributed by atoms with Crippen molar-refractivity contribution in [2.24, 2.45) is 0 Å². The lowest BCUT2D eigenvalue weighted by molar-refractivity contribution is 0.0911. The monoisotopic (exact) mass is 258 g/mol. The standard InChI is InChI=1S/C15H18N2O2/c1-2-5-11(18)10-17-15(19)13-6-3-8-14-12(13)7-4-9-16-14/h3-4,6-9,11,18H,2,5,10H2,1H3,(H,17,19). The minimum Gasteiger partial charge on any atom is -0.391 e. The Hall–Kier alpha value is -1.94. The van der Waals surface area contributed by atoms with Crippen LogP contribution in [0.4, 0.5) is 0 Å². The number of aromatic nitrogens is 1. The summed E-state index contributed by atoms with van der Waals surface area (Å²) in [5.74, 6) is -0.172. The van der Waals surface area contributed by atoms with Crippen LogP contribution >= 0.6 is 0 Å². The molecule has 0 aliphatic rings. The highest BCUT2D eigenvalue weighted by Gasteiger charge is 2.11. The van der Waals surface area contributed by atoms with E-state index >= 15 is 0 Å². The van der Waals surface area contributed by atoms with Crippen LogP contribution in [0.1, 0.15) is 30.1 Å². The zero-order valence-corrected chi connectivity index (χ0v) is 11.0. The average Bonchev–Trinajstić information content (AvgIpc) is 2.44. The molecule has 19 heavy (non-hydrogen) atoms. The highest BCUT2D eigenvalue weighted by molar-refractivity contribution is 6.06. The molecule has 0 radical (unpaired) electrons. The summed E-state index contributed by atoms with van der Waals surface area (Å²) in [4.78, 5) is 16.3. The van der Waals surface area contributed by atoms with Gasteiger partial charge in [-0.05, 0) is 24.6 Å². The number of pyridine rings is 1. The maximum Gasteiger partial charge on any atom is 0.252 e. The Balaban J connectivity index is 2.13. The molecule has 0 spiro atoms. The molecule has 2 aromatic rings. The molecule has 4 heteroatoms. The molecule has 1 atom stereocenters. The number of nitrogens with zero attached hydrogens (tertiary/aromatic N) is 1. The van der Waals surface area contributed by atoms with E-state index in [0.29, 0.717) is 12.0 Å². The van der Waals surface area contributed by atoms with E-state index < -0.39 is 6.10 Å². The first-order valence-electron chi connectivity index (χ1n) is 6.52. The van der Waals surface area contributed by atoms with Gasteiger partial charge in [-0.25, -0.2) is 0 Å². The van der Waals surface area contributed by atoms with Crippen molar-refractivity contribution in [3.05, 3.63) is 42.1 Å². The van der Waals surface area contributed by atoms with Gasteiger partial charge in [-0.3, -0.25) is 9.78 Å². The molecule has 4 nitrogen and oxygen atoms in total. The van der Waals surface area contributed by atoms with Crippen molar-refractivity contribution >= 4 is 16.8 Å². The summed E-state index contributed by atoms with van der Waals surface area (Å²) in [7, 11) is 0. The van der Waals surface area contributed by atoms with Gasteiger partial charge in [0.1, 0.15) is 0 Å². The quantitative estimate of drug-likeness (QED) is 0.863. The molecule has 1 aromatic carbocycles. The summed E-state index contributed by atoms with van der Waals surface area (Å²) in [6.45, 7) is 2.28. The van der Waals surface area contributed by atoms with Crippen molar-refractivity contribution in [3.8, 4) is 0 Å². The van der Waals surface area contributed by atoms with Crippen molar-refractivity contribution in [3.63, 3.8) is 0 Å². The minimum absolute atomic E-state index is 0.172. The van der Waals surface area contributed by atoms with E-state index in [-0.39, 0.29) is 12.5 Å². The topological polar surface area (TPSA) is 62.2 Å². The zero-order chi connectivity index (χ0) is 13.7. The van der Waals surface area contributed by atoms with E-state index in [1.165, 1.54) is 0 Å². The van der Waals surface area contributed by atoms with Gasteiger partial charge in [-0.1, -0.05) is 25.5 Å². The van der Waals surface area contributed by atoms with E-state index in [1.54, 1.807) is 12.3 Å². The number of carbonyl (C=O) groups excluding carboxylic acids is 1. The van der Waals surface area contributed by atoms with Crippen LogP contribution in [0.3, 0.4) is 0 Å². The lowest BCUT2D eigenvalue weighted by atomic mass is 10.1. The van der Waals surface area contributed by atoms with Gasteiger partial charge in [0.15, 0.2) is 0 Å². The number of carbonyl (C=O) groups is 1. The number of rotatable bonds is 5. The molecule has 0 saturated carbocycles. The number of hydrogen-bond acceptors (Lipinski definition) is 3. The average molecular weight is 258 g/mol. The number of fused-ring (bicyclic) bond motifs is 1. The summed E-state index contributed by atoms with van der Waals surface area (Å²) in [5, 5.41) is 13.2. The Bertz CT molecular complexity index is 564. The van der Waals surface area contributed by atoms with Gasteiger partial charge in [-0.2, -0.15) is 0 Å². The first kappa shape index (κ1) is 13.5. The molecule has 0 bridgehead atoms. The van der Waals surface area contributed by atoms with Gasteiger partial charge in [0.25, 0.3) is 5.91 Å². The number of amides is 1. The van der Waals surface area contributed by atoms with Crippen LogP contribution in [0.25, 0.3) is 10.9 Å². The van der Waals surface area contributed by atoms with E-state index in [2.05, 4.69) is 10.3 Å². The predicted molar refractivity (Wildman–Crippen MR) is 75.0 cm³/mol. The molecule has 0 aliphatic carbocycles. The van der Waals surface area contributed by atoms with Gasteiger partial charge < -0.3 is 10.4 Å². The Labute approximate surface area is 112 Å². The number of benzene rings is 1. The largest absolute Gasteiger partial charge is 0.391 e. The molecule has 0 fully saturated rings. The van der Waals surface area contributed by atoms with Gasteiger partial charge in [0.2, 0.25) is 0 Å². The summed E-state index contributed by atoms with van der Waals surface area (Å²) >= 11 is 0. The Morgan fingerprint density at radius 2 is 2.21 bits per heavy atom. The third kappa shape index (κ3) is 3.29. The Kier molecular flexibility index (Phi) is 4.47. The van der Waals surface area contributed by atoms with Crippen molar-refractivity contribution in [1.29, 1.82) is 0 Å². The highest BCUT2D eigenvalue weighted by Crippen LogP contribution is 2.16. The fourth-order valence-electron chi connectivity index (χ4n) is 2.04. The third-order valence-electron chi connectivity index (χ3n) is 3.01. The van der Waals surface area contributed by atoms with Gasteiger partial charge >= 0.3 is 0 Å². The van der Waals surface area contributed by atoms with Crippen LogP contribution < -0.4 is 5.32 Å². The first-order valence-corrected chi connectivity index (χ1v) is 6.52. The summed E-state index contributed by atoms with van der Waals surface area (Å²) in [6.07, 6.45) is 2.81. The SMILES string of the molecule is CCCC(O)CNC(=O)c1cccc2ncccc12. The van der Waals surface area contributed by atoms with Gasteiger partial charge in [0, 0.05) is 23.7 Å².